The van der Waals surface area contributed by atoms with Gasteiger partial charge in [0.2, 0.25) is 0 Å². The summed E-state index contributed by atoms with van der Waals surface area (Å²) in [4.78, 5) is 13.1. The topological polar surface area (TPSA) is 97.0 Å². The second kappa shape index (κ2) is 9.47. The molecule has 34 heavy (non-hydrogen) atoms. The van der Waals surface area contributed by atoms with Crippen LogP contribution in [0.4, 0.5) is 10.2 Å². The number of aliphatic hydroxyl groups is 1. The molecule has 1 unspecified atom stereocenters. The fourth-order valence-corrected chi connectivity index (χ4v) is 4.74. The van der Waals surface area contributed by atoms with E-state index >= 15 is 0 Å². The van der Waals surface area contributed by atoms with E-state index in [2.05, 4.69) is 32.1 Å². The molecule has 4 aromatic rings. The number of rotatable bonds is 6. The minimum atomic E-state index is -0.924. The first kappa shape index (κ1) is 22.4. The lowest BCUT2D eigenvalue weighted by molar-refractivity contribution is 0.0240. The molecule has 0 radical (unpaired) electrons. The van der Waals surface area contributed by atoms with Gasteiger partial charge in [0.05, 0.1) is 22.0 Å². The van der Waals surface area contributed by atoms with Gasteiger partial charge in [0.15, 0.2) is 11.6 Å². The molecule has 1 aliphatic rings. The number of anilines is 1. The molecule has 1 aliphatic carbocycles. The number of hydrogen-bond donors (Lipinski definition) is 3. The molecule has 0 amide bonds. The summed E-state index contributed by atoms with van der Waals surface area (Å²) in [5.41, 5.74) is 8.18. The molecule has 172 valence electrons. The molecule has 1 atom stereocenters. The van der Waals surface area contributed by atoms with Gasteiger partial charge in [-0.2, -0.15) is 0 Å². The highest BCUT2D eigenvalue weighted by atomic mass is 32.1. The molecule has 5 rings (SSSR count). The van der Waals surface area contributed by atoms with Crippen LogP contribution in [-0.2, 0) is 6.42 Å². The second-order valence-electron chi connectivity index (χ2n) is 8.54. The zero-order chi connectivity index (χ0) is 23.5. The summed E-state index contributed by atoms with van der Waals surface area (Å²) in [5, 5.41) is 15.6. The molecular formula is C26H24FN5OS. The molecule has 8 heteroatoms. The number of fused-ring (bicyclic) bond motifs is 1. The second-order valence-corrected chi connectivity index (χ2v) is 9.42. The summed E-state index contributed by atoms with van der Waals surface area (Å²) >= 11 is 1.46. The molecule has 0 saturated heterocycles. The lowest BCUT2D eigenvalue weighted by Gasteiger charge is -2.30. The number of nitrogens with one attached hydrogen (secondary N) is 1. The van der Waals surface area contributed by atoms with Gasteiger partial charge in [-0.15, -0.1) is 11.3 Å². The number of halogens is 1. The van der Waals surface area contributed by atoms with Crippen LogP contribution >= 0.6 is 11.3 Å². The minimum Gasteiger partial charge on any atom is -0.378 e. The van der Waals surface area contributed by atoms with Crippen molar-refractivity contribution in [3.05, 3.63) is 71.1 Å². The lowest BCUT2D eigenvalue weighted by Crippen LogP contribution is -2.34. The fourth-order valence-electron chi connectivity index (χ4n) is 3.84. The highest BCUT2D eigenvalue weighted by molar-refractivity contribution is 7.18. The Kier molecular flexibility index (Phi) is 6.24. The third-order valence-corrected chi connectivity index (χ3v) is 6.89. The smallest absolute Gasteiger partial charge is 0.165 e. The van der Waals surface area contributed by atoms with Crippen molar-refractivity contribution >= 4 is 27.4 Å². The standard InChI is InChI=1S/C26H24FN5OS/c27-21-15-29-12-8-20(21)24-31-22-18(7-11-26(33)9-4-10-26)16-34-23(22)25(32-24)30-14-19(28)13-17-5-2-1-3-6-17/h1-3,5-6,8,12,15-16,19,33H,4,9-10,13-14,28H2,(H,30,31,32). The van der Waals surface area contributed by atoms with E-state index in [9.17, 15) is 9.50 Å². The molecular weight excluding hydrogens is 449 g/mol. The van der Waals surface area contributed by atoms with E-state index in [0.717, 1.165) is 22.9 Å². The van der Waals surface area contributed by atoms with Crippen molar-refractivity contribution in [2.75, 3.05) is 11.9 Å². The van der Waals surface area contributed by atoms with Gasteiger partial charge in [0, 0.05) is 24.2 Å². The SMILES string of the molecule is NC(CNc1nc(-c2ccncc2F)nc2c(C#CC3(O)CCC3)csc12)Cc1ccccc1. The van der Waals surface area contributed by atoms with Crippen LogP contribution in [0.25, 0.3) is 21.6 Å². The maximum absolute atomic E-state index is 14.5. The van der Waals surface area contributed by atoms with E-state index < -0.39 is 11.4 Å². The first-order valence-corrected chi connectivity index (χ1v) is 12.1. The van der Waals surface area contributed by atoms with Crippen LogP contribution < -0.4 is 11.1 Å². The molecule has 0 bridgehead atoms. The quantitative estimate of drug-likeness (QED) is 0.364. The molecule has 1 saturated carbocycles. The number of thiophene rings is 1. The Morgan fingerprint density at radius 2 is 2.03 bits per heavy atom. The first-order chi connectivity index (χ1) is 16.5. The third kappa shape index (κ3) is 4.77. The van der Waals surface area contributed by atoms with E-state index in [1.807, 2.05) is 35.7 Å². The third-order valence-electron chi connectivity index (χ3n) is 5.91. The van der Waals surface area contributed by atoms with Gasteiger partial charge in [0.1, 0.15) is 16.9 Å². The highest BCUT2D eigenvalue weighted by Crippen LogP contribution is 2.34. The van der Waals surface area contributed by atoms with Crippen molar-refractivity contribution in [1.29, 1.82) is 0 Å². The van der Waals surface area contributed by atoms with E-state index in [1.165, 1.54) is 17.5 Å². The average molecular weight is 474 g/mol. The van der Waals surface area contributed by atoms with Gasteiger partial charge < -0.3 is 16.2 Å². The Morgan fingerprint density at radius 1 is 1.21 bits per heavy atom. The van der Waals surface area contributed by atoms with Gasteiger partial charge in [-0.25, -0.2) is 14.4 Å². The van der Waals surface area contributed by atoms with Crippen molar-refractivity contribution in [3.8, 4) is 23.2 Å². The average Bonchev–Trinajstić information content (AvgIpc) is 3.24. The van der Waals surface area contributed by atoms with Crippen molar-refractivity contribution < 1.29 is 9.50 Å². The minimum absolute atomic E-state index is 0.138. The Hall–Kier alpha value is -3.38. The summed E-state index contributed by atoms with van der Waals surface area (Å²) < 4.78 is 15.3. The summed E-state index contributed by atoms with van der Waals surface area (Å²) in [5.74, 6) is 6.40. The molecule has 0 aliphatic heterocycles. The Bertz CT molecular complexity index is 1370. The van der Waals surface area contributed by atoms with Crippen LogP contribution in [-0.4, -0.2) is 38.2 Å². The number of hydrogen-bond acceptors (Lipinski definition) is 7. The molecule has 1 aromatic carbocycles. The molecule has 6 nitrogen and oxygen atoms in total. The van der Waals surface area contributed by atoms with Gasteiger partial charge in [-0.1, -0.05) is 42.2 Å². The molecule has 3 heterocycles. The van der Waals surface area contributed by atoms with Crippen LogP contribution in [0.2, 0.25) is 0 Å². The monoisotopic (exact) mass is 473 g/mol. The maximum atomic E-state index is 14.5. The predicted molar refractivity (Wildman–Crippen MR) is 133 cm³/mol. The van der Waals surface area contributed by atoms with Crippen LogP contribution in [0, 0.1) is 17.7 Å². The van der Waals surface area contributed by atoms with Crippen molar-refractivity contribution in [2.45, 2.75) is 37.3 Å². The Morgan fingerprint density at radius 3 is 2.76 bits per heavy atom. The summed E-state index contributed by atoms with van der Waals surface area (Å²) in [6.45, 7) is 0.484. The number of nitrogens with two attached hydrogens (primary N) is 1. The van der Waals surface area contributed by atoms with Gasteiger partial charge in [-0.05, 0) is 37.3 Å². The molecule has 0 spiro atoms. The molecule has 4 N–H and O–H groups in total. The van der Waals surface area contributed by atoms with Crippen LogP contribution in [0.15, 0.2) is 54.2 Å². The van der Waals surface area contributed by atoms with Gasteiger partial charge in [-0.3, -0.25) is 4.98 Å². The van der Waals surface area contributed by atoms with Crippen molar-refractivity contribution in [1.82, 2.24) is 15.0 Å². The first-order valence-electron chi connectivity index (χ1n) is 11.2. The van der Waals surface area contributed by atoms with E-state index in [0.29, 0.717) is 42.7 Å². The zero-order valence-corrected chi connectivity index (χ0v) is 19.3. The summed E-state index contributed by atoms with van der Waals surface area (Å²) in [7, 11) is 0. The van der Waals surface area contributed by atoms with Crippen LogP contribution in [0.3, 0.4) is 0 Å². The van der Waals surface area contributed by atoms with E-state index in [4.69, 9.17) is 5.73 Å². The van der Waals surface area contributed by atoms with Gasteiger partial charge >= 0.3 is 0 Å². The molecule has 3 aromatic heterocycles. The van der Waals surface area contributed by atoms with Gasteiger partial charge in [0.25, 0.3) is 0 Å². The summed E-state index contributed by atoms with van der Waals surface area (Å²) in [6.07, 6.45) is 5.70. The zero-order valence-electron chi connectivity index (χ0n) is 18.5. The Labute approximate surface area is 201 Å². The van der Waals surface area contributed by atoms with E-state index in [-0.39, 0.29) is 17.4 Å². The normalized spacial score (nSPS) is 15.3. The largest absolute Gasteiger partial charge is 0.378 e. The maximum Gasteiger partial charge on any atom is 0.165 e. The van der Waals surface area contributed by atoms with Crippen molar-refractivity contribution in [3.63, 3.8) is 0 Å². The number of benzene rings is 1. The van der Waals surface area contributed by atoms with Crippen LogP contribution in [0.1, 0.15) is 30.4 Å². The highest BCUT2D eigenvalue weighted by Gasteiger charge is 2.32. The van der Waals surface area contributed by atoms with E-state index in [1.54, 1.807) is 6.07 Å². The fraction of sp³-hybridized carbons (Fsp3) is 0.269. The predicted octanol–water partition coefficient (Wildman–Crippen LogP) is 4.14. The summed E-state index contributed by atoms with van der Waals surface area (Å²) in [6, 6.07) is 11.5. The number of nitrogens with zero attached hydrogens (tertiary/aromatic N) is 3. The lowest BCUT2D eigenvalue weighted by atomic mass is 9.81. The number of aromatic nitrogens is 3. The van der Waals surface area contributed by atoms with Crippen molar-refractivity contribution in [2.24, 2.45) is 5.73 Å². The number of pyridine rings is 1. The van der Waals surface area contributed by atoms with Crippen LogP contribution in [0.5, 0.6) is 0 Å². The molecule has 1 fully saturated rings. The Balaban J connectivity index is 1.48.